The number of aromatic nitrogens is 2. The van der Waals surface area contributed by atoms with E-state index < -0.39 is 0 Å². The summed E-state index contributed by atoms with van der Waals surface area (Å²) >= 11 is 0. The Morgan fingerprint density at radius 3 is 2.87 bits per heavy atom. The number of carbonyl (C=O) groups excluding carboxylic acids is 2. The van der Waals surface area contributed by atoms with E-state index in [1.54, 1.807) is 13.2 Å². The Balaban J connectivity index is 1.32. The first-order valence-electron chi connectivity index (χ1n) is 9.80. The molecule has 30 heavy (non-hydrogen) atoms. The van der Waals surface area contributed by atoms with E-state index in [1.165, 1.54) is 0 Å². The third-order valence-electron chi connectivity index (χ3n) is 5.62. The molecule has 2 aliphatic heterocycles. The SMILES string of the molecule is COc1ccccc1-c1cc(C(=O)NC2CC3C(=O)Nc4ccccc4N3C2)[nH]n1. The van der Waals surface area contributed by atoms with Crippen molar-refractivity contribution in [3.63, 3.8) is 0 Å². The maximum Gasteiger partial charge on any atom is 0.269 e. The predicted molar refractivity (Wildman–Crippen MR) is 113 cm³/mol. The number of hydrogen-bond acceptors (Lipinski definition) is 5. The third kappa shape index (κ3) is 3.06. The van der Waals surface area contributed by atoms with Crippen LogP contribution in [0.3, 0.4) is 0 Å². The van der Waals surface area contributed by atoms with E-state index in [1.807, 2.05) is 48.5 Å². The number of hydrogen-bond donors (Lipinski definition) is 3. The van der Waals surface area contributed by atoms with Gasteiger partial charge in [-0.15, -0.1) is 0 Å². The molecular weight excluding hydrogens is 382 g/mol. The summed E-state index contributed by atoms with van der Waals surface area (Å²) in [7, 11) is 1.60. The van der Waals surface area contributed by atoms with Crippen LogP contribution in [0, 0.1) is 0 Å². The Kier molecular flexibility index (Phi) is 4.39. The fourth-order valence-corrected chi connectivity index (χ4v) is 4.20. The van der Waals surface area contributed by atoms with Crippen molar-refractivity contribution in [1.82, 2.24) is 15.5 Å². The number of nitrogens with one attached hydrogen (secondary N) is 3. The van der Waals surface area contributed by atoms with Crippen molar-refractivity contribution >= 4 is 23.2 Å². The van der Waals surface area contributed by atoms with Gasteiger partial charge in [0.05, 0.1) is 24.2 Å². The zero-order valence-corrected chi connectivity index (χ0v) is 16.4. The van der Waals surface area contributed by atoms with E-state index in [4.69, 9.17) is 4.74 Å². The number of fused-ring (bicyclic) bond motifs is 3. The Labute approximate surface area is 173 Å². The lowest BCUT2D eigenvalue weighted by atomic mass is 10.1. The molecule has 0 saturated carbocycles. The molecule has 2 aliphatic rings. The van der Waals surface area contributed by atoms with Crippen LogP contribution in [-0.4, -0.2) is 47.7 Å². The largest absolute Gasteiger partial charge is 0.496 e. The fourth-order valence-electron chi connectivity index (χ4n) is 4.20. The topological polar surface area (TPSA) is 99.3 Å². The number of anilines is 2. The van der Waals surface area contributed by atoms with Crippen molar-refractivity contribution in [2.24, 2.45) is 0 Å². The van der Waals surface area contributed by atoms with Gasteiger partial charge >= 0.3 is 0 Å². The molecule has 8 nitrogen and oxygen atoms in total. The van der Waals surface area contributed by atoms with Gasteiger partial charge in [-0.1, -0.05) is 24.3 Å². The minimum Gasteiger partial charge on any atom is -0.496 e. The summed E-state index contributed by atoms with van der Waals surface area (Å²) in [4.78, 5) is 27.3. The molecule has 1 aromatic heterocycles. The van der Waals surface area contributed by atoms with Gasteiger partial charge < -0.3 is 20.3 Å². The first-order valence-corrected chi connectivity index (χ1v) is 9.80. The summed E-state index contributed by atoms with van der Waals surface area (Å²) in [6.07, 6.45) is 0.555. The predicted octanol–water partition coefficient (Wildman–Crippen LogP) is 2.41. The smallest absolute Gasteiger partial charge is 0.269 e. The average Bonchev–Trinajstić information content (AvgIpc) is 3.42. The second-order valence-corrected chi connectivity index (χ2v) is 7.45. The highest BCUT2D eigenvalue weighted by Crippen LogP contribution is 2.36. The minimum atomic E-state index is -0.281. The highest BCUT2D eigenvalue weighted by molar-refractivity contribution is 6.04. The summed E-state index contributed by atoms with van der Waals surface area (Å²) in [5, 5.41) is 13.1. The number of nitrogens with zero attached hydrogens (tertiary/aromatic N) is 2. The molecule has 2 unspecified atom stereocenters. The molecule has 5 rings (SSSR count). The van der Waals surface area contributed by atoms with E-state index in [9.17, 15) is 9.59 Å². The fraction of sp³-hybridized carbons (Fsp3) is 0.227. The molecule has 3 aromatic rings. The molecule has 0 radical (unpaired) electrons. The Bertz CT molecular complexity index is 1130. The molecule has 1 saturated heterocycles. The summed E-state index contributed by atoms with van der Waals surface area (Å²) in [6.45, 7) is 0.578. The van der Waals surface area contributed by atoms with Crippen molar-refractivity contribution in [3.8, 4) is 17.0 Å². The van der Waals surface area contributed by atoms with E-state index in [2.05, 4.69) is 25.7 Å². The van der Waals surface area contributed by atoms with Crippen molar-refractivity contribution in [1.29, 1.82) is 0 Å². The number of rotatable bonds is 4. The average molecular weight is 403 g/mol. The van der Waals surface area contributed by atoms with Gasteiger partial charge in [-0.3, -0.25) is 14.7 Å². The lowest BCUT2D eigenvalue weighted by Crippen LogP contribution is -2.44. The lowest BCUT2D eigenvalue weighted by molar-refractivity contribution is -0.117. The molecule has 2 aromatic carbocycles. The van der Waals surface area contributed by atoms with Crippen LogP contribution in [0.4, 0.5) is 11.4 Å². The standard InChI is InChI=1S/C22H21N5O3/c1-30-20-9-5-2-6-14(20)16-11-17(26-25-16)21(28)23-13-10-19-22(29)24-15-7-3-4-8-18(15)27(19)12-13/h2-9,11,13,19H,10,12H2,1H3,(H,23,28)(H,24,29)(H,25,26). The second-order valence-electron chi connectivity index (χ2n) is 7.45. The number of benzene rings is 2. The molecule has 3 heterocycles. The maximum atomic E-state index is 12.8. The number of methoxy groups -OCH3 is 1. The van der Waals surface area contributed by atoms with Crippen LogP contribution in [0.2, 0.25) is 0 Å². The van der Waals surface area contributed by atoms with E-state index in [0.717, 1.165) is 16.9 Å². The number of H-pyrrole nitrogens is 1. The van der Waals surface area contributed by atoms with Crippen LogP contribution in [0.25, 0.3) is 11.3 Å². The molecule has 3 N–H and O–H groups in total. The van der Waals surface area contributed by atoms with E-state index in [0.29, 0.717) is 30.1 Å². The quantitative estimate of drug-likeness (QED) is 0.621. The van der Waals surface area contributed by atoms with Crippen LogP contribution in [0.5, 0.6) is 5.75 Å². The summed E-state index contributed by atoms with van der Waals surface area (Å²) in [5.74, 6) is 0.404. The molecular formula is C22H21N5O3. The molecule has 2 amide bonds. The Morgan fingerprint density at radius 1 is 1.20 bits per heavy atom. The molecule has 8 heteroatoms. The van der Waals surface area contributed by atoms with Gasteiger partial charge in [0.2, 0.25) is 5.91 Å². The van der Waals surface area contributed by atoms with Crippen molar-refractivity contribution in [2.45, 2.75) is 18.5 Å². The monoisotopic (exact) mass is 403 g/mol. The summed E-state index contributed by atoms with van der Waals surface area (Å²) in [5.41, 5.74) is 3.60. The van der Waals surface area contributed by atoms with Gasteiger partial charge in [0.15, 0.2) is 0 Å². The Morgan fingerprint density at radius 2 is 2.00 bits per heavy atom. The molecule has 0 bridgehead atoms. The van der Waals surface area contributed by atoms with Crippen LogP contribution in [-0.2, 0) is 4.79 Å². The van der Waals surface area contributed by atoms with Gasteiger partial charge in [0.1, 0.15) is 17.5 Å². The minimum absolute atomic E-state index is 0.0366. The molecule has 0 spiro atoms. The van der Waals surface area contributed by atoms with Crippen molar-refractivity contribution in [2.75, 3.05) is 23.9 Å². The van der Waals surface area contributed by atoms with Crippen LogP contribution < -0.4 is 20.3 Å². The van der Waals surface area contributed by atoms with Gasteiger partial charge in [-0.05, 0) is 36.8 Å². The molecule has 1 fully saturated rings. The highest BCUT2D eigenvalue weighted by atomic mass is 16.5. The number of carbonyl (C=O) groups is 2. The van der Waals surface area contributed by atoms with Crippen molar-refractivity contribution < 1.29 is 14.3 Å². The maximum absolute atomic E-state index is 12.8. The van der Waals surface area contributed by atoms with Gasteiger partial charge in [0, 0.05) is 18.2 Å². The van der Waals surface area contributed by atoms with Crippen LogP contribution >= 0.6 is 0 Å². The van der Waals surface area contributed by atoms with E-state index in [-0.39, 0.29) is 23.9 Å². The van der Waals surface area contributed by atoms with Gasteiger partial charge in [0.25, 0.3) is 5.91 Å². The third-order valence-corrected chi connectivity index (χ3v) is 5.62. The summed E-state index contributed by atoms with van der Waals surface area (Å²) in [6, 6.07) is 16.5. The summed E-state index contributed by atoms with van der Waals surface area (Å²) < 4.78 is 5.37. The first-order chi connectivity index (χ1) is 14.6. The second kappa shape index (κ2) is 7.22. The van der Waals surface area contributed by atoms with Gasteiger partial charge in [-0.25, -0.2) is 0 Å². The van der Waals surface area contributed by atoms with Gasteiger partial charge in [-0.2, -0.15) is 5.10 Å². The highest BCUT2D eigenvalue weighted by Gasteiger charge is 2.41. The number of aromatic amines is 1. The first kappa shape index (κ1) is 18.2. The van der Waals surface area contributed by atoms with E-state index >= 15 is 0 Å². The van der Waals surface area contributed by atoms with Crippen LogP contribution in [0.1, 0.15) is 16.9 Å². The molecule has 0 aliphatic carbocycles. The number of ether oxygens (including phenoxy) is 1. The molecule has 2 atom stereocenters. The normalized spacial score (nSPS) is 19.6. The van der Waals surface area contributed by atoms with Crippen LogP contribution in [0.15, 0.2) is 54.6 Å². The van der Waals surface area contributed by atoms with Crippen molar-refractivity contribution in [3.05, 3.63) is 60.3 Å². The lowest BCUT2D eigenvalue weighted by Gasteiger charge is -2.32. The number of amides is 2. The zero-order chi connectivity index (χ0) is 20.7. The number of para-hydroxylation sites is 3. The zero-order valence-electron chi connectivity index (χ0n) is 16.4. The molecule has 152 valence electrons. The Hall–Kier alpha value is -3.81.